The first kappa shape index (κ1) is 13.3. The van der Waals surface area contributed by atoms with Gasteiger partial charge in [-0.25, -0.2) is 4.98 Å². The number of hydrogen-bond acceptors (Lipinski definition) is 2. The lowest BCUT2D eigenvalue weighted by molar-refractivity contribution is 0.708. The van der Waals surface area contributed by atoms with E-state index in [9.17, 15) is 4.79 Å². The van der Waals surface area contributed by atoms with Gasteiger partial charge in [-0.05, 0) is 30.7 Å². The number of fused-ring (bicyclic) bond motifs is 1. The molecule has 21 heavy (non-hydrogen) atoms. The van der Waals surface area contributed by atoms with E-state index in [4.69, 9.17) is 0 Å². The SMILES string of the molecule is CCn1c(/C=C/c2ccccc2)nc2ccccc2c1=O. The predicted molar refractivity (Wildman–Crippen MR) is 87.0 cm³/mol. The third-order valence-electron chi connectivity index (χ3n) is 3.43. The molecule has 0 radical (unpaired) electrons. The average Bonchev–Trinajstić information content (AvgIpc) is 2.54. The molecule has 0 bridgehead atoms. The number of rotatable bonds is 3. The maximum atomic E-state index is 12.5. The van der Waals surface area contributed by atoms with E-state index >= 15 is 0 Å². The van der Waals surface area contributed by atoms with E-state index in [0.29, 0.717) is 17.8 Å². The molecule has 0 aliphatic carbocycles. The van der Waals surface area contributed by atoms with E-state index in [1.165, 1.54) is 0 Å². The Kier molecular flexibility index (Phi) is 3.65. The number of para-hydroxylation sites is 1. The van der Waals surface area contributed by atoms with Gasteiger partial charge in [-0.3, -0.25) is 9.36 Å². The van der Waals surface area contributed by atoms with Crippen molar-refractivity contribution in [3.63, 3.8) is 0 Å². The van der Waals surface area contributed by atoms with Crippen molar-refractivity contribution in [2.45, 2.75) is 13.5 Å². The molecule has 0 spiro atoms. The summed E-state index contributed by atoms with van der Waals surface area (Å²) in [4.78, 5) is 17.1. The molecule has 3 rings (SSSR count). The third kappa shape index (κ3) is 2.63. The Morgan fingerprint density at radius 3 is 2.48 bits per heavy atom. The van der Waals surface area contributed by atoms with Gasteiger partial charge in [-0.15, -0.1) is 0 Å². The molecule has 0 amide bonds. The smallest absolute Gasteiger partial charge is 0.261 e. The zero-order chi connectivity index (χ0) is 14.7. The van der Waals surface area contributed by atoms with Crippen LogP contribution in [0.2, 0.25) is 0 Å². The van der Waals surface area contributed by atoms with Crippen molar-refractivity contribution in [3.05, 3.63) is 76.3 Å². The zero-order valence-electron chi connectivity index (χ0n) is 11.9. The van der Waals surface area contributed by atoms with Crippen LogP contribution in [0.3, 0.4) is 0 Å². The van der Waals surface area contributed by atoms with E-state index in [-0.39, 0.29) is 5.56 Å². The number of aromatic nitrogens is 2. The van der Waals surface area contributed by atoms with E-state index < -0.39 is 0 Å². The van der Waals surface area contributed by atoms with Gasteiger partial charge in [0.05, 0.1) is 10.9 Å². The predicted octanol–water partition coefficient (Wildman–Crippen LogP) is 3.59. The van der Waals surface area contributed by atoms with Gasteiger partial charge < -0.3 is 0 Å². The van der Waals surface area contributed by atoms with Gasteiger partial charge in [0.15, 0.2) is 0 Å². The van der Waals surface area contributed by atoms with Gasteiger partial charge in [0.25, 0.3) is 5.56 Å². The number of hydrogen-bond donors (Lipinski definition) is 0. The first-order valence-corrected chi connectivity index (χ1v) is 7.02. The summed E-state index contributed by atoms with van der Waals surface area (Å²) in [7, 11) is 0. The summed E-state index contributed by atoms with van der Waals surface area (Å²) in [5, 5.41) is 0.663. The molecule has 3 nitrogen and oxygen atoms in total. The molecule has 0 aliphatic rings. The second-order valence-corrected chi connectivity index (χ2v) is 4.78. The van der Waals surface area contributed by atoms with Gasteiger partial charge >= 0.3 is 0 Å². The Morgan fingerprint density at radius 1 is 1.00 bits per heavy atom. The third-order valence-corrected chi connectivity index (χ3v) is 3.43. The monoisotopic (exact) mass is 276 g/mol. The first-order valence-electron chi connectivity index (χ1n) is 7.02. The van der Waals surface area contributed by atoms with E-state index in [2.05, 4.69) is 4.98 Å². The molecule has 0 fully saturated rings. The molecule has 0 saturated carbocycles. The van der Waals surface area contributed by atoms with Gasteiger partial charge in [-0.1, -0.05) is 48.5 Å². The minimum Gasteiger partial charge on any atom is -0.293 e. The Hall–Kier alpha value is -2.68. The van der Waals surface area contributed by atoms with Crippen molar-refractivity contribution in [1.29, 1.82) is 0 Å². The maximum absolute atomic E-state index is 12.5. The highest BCUT2D eigenvalue weighted by Gasteiger charge is 2.06. The topological polar surface area (TPSA) is 34.9 Å². The van der Waals surface area contributed by atoms with Crippen LogP contribution in [0, 0.1) is 0 Å². The Morgan fingerprint density at radius 2 is 1.71 bits per heavy atom. The second kappa shape index (κ2) is 5.75. The minimum absolute atomic E-state index is 0.0100. The summed E-state index contributed by atoms with van der Waals surface area (Å²) in [5.41, 5.74) is 1.83. The number of benzene rings is 2. The maximum Gasteiger partial charge on any atom is 0.261 e. The molecule has 2 aromatic carbocycles. The van der Waals surface area contributed by atoms with Crippen LogP contribution in [-0.4, -0.2) is 9.55 Å². The minimum atomic E-state index is 0.0100. The molecular weight excluding hydrogens is 260 g/mol. The molecule has 0 N–H and O–H groups in total. The molecule has 1 aromatic heterocycles. The van der Waals surface area contributed by atoms with E-state index in [1.807, 2.05) is 73.7 Å². The lowest BCUT2D eigenvalue weighted by atomic mass is 10.2. The highest BCUT2D eigenvalue weighted by atomic mass is 16.1. The Bertz CT molecular complexity index is 848. The Labute approximate surface area is 123 Å². The Balaban J connectivity index is 2.14. The molecule has 0 saturated heterocycles. The van der Waals surface area contributed by atoms with Crippen LogP contribution in [-0.2, 0) is 6.54 Å². The average molecular weight is 276 g/mol. The standard InChI is InChI=1S/C18H16N2O/c1-2-20-17(13-12-14-8-4-3-5-9-14)19-16-11-7-6-10-15(16)18(20)21/h3-13H,2H2,1H3/b13-12+. The van der Waals surface area contributed by atoms with E-state index in [1.54, 1.807) is 4.57 Å². The fourth-order valence-corrected chi connectivity index (χ4v) is 2.35. The summed E-state index contributed by atoms with van der Waals surface area (Å²) in [6, 6.07) is 17.4. The van der Waals surface area contributed by atoms with Crippen LogP contribution in [0.4, 0.5) is 0 Å². The van der Waals surface area contributed by atoms with Crippen LogP contribution < -0.4 is 5.56 Å². The molecule has 1 heterocycles. The highest BCUT2D eigenvalue weighted by molar-refractivity contribution is 5.79. The van der Waals surface area contributed by atoms with Crippen molar-refractivity contribution < 1.29 is 0 Å². The van der Waals surface area contributed by atoms with Crippen LogP contribution in [0.5, 0.6) is 0 Å². The summed E-state index contributed by atoms with van der Waals surface area (Å²) in [6.45, 7) is 2.56. The molecule has 0 unspecified atom stereocenters. The van der Waals surface area contributed by atoms with Crippen molar-refractivity contribution in [3.8, 4) is 0 Å². The quantitative estimate of drug-likeness (QED) is 0.732. The second-order valence-electron chi connectivity index (χ2n) is 4.78. The molecule has 104 valence electrons. The number of nitrogens with zero attached hydrogens (tertiary/aromatic N) is 2. The van der Waals surface area contributed by atoms with Crippen LogP contribution in [0.1, 0.15) is 18.3 Å². The van der Waals surface area contributed by atoms with Crippen molar-refractivity contribution in [2.75, 3.05) is 0 Å². The van der Waals surface area contributed by atoms with Crippen LogP contribution in [0.15, 0.2) is 59.4 Å². The van der Waals surface area contributed by atoms with Crippen LogP contribution >= 0.6 is 0 Å². The van der Waals surface area contributed by atoms with Crippen molar-refractivity contribution in [1.82, 2.24) is 9.55 Å². The fraction of sp³-hybridized carbons (Fsp3) is 0.111. The lowest BCUT2D eigenvalue weighted by Crippen LogP contribution is -2.22. The normalized spacial score (nSPS) is 11.3. The van der Waals surface area contributed by atoms with Crippen molar-refractivity contribution in [2.24, 2.45) is 0 Å². The summed E-state index contributed by atoms with van der Waals surface area (Å²) in [5.74, 6) is 0.685. The zero-order valence-corrected chi connectivity index (χ0v) is 11.9. The molecule has 3 heteroatoms. The fourth-order valence-electron chi connectivity index (χ4n) is 2.35. The highest BCUT2D eigenvalue weighted by Crippen LogP contribution is 2.11. The largest absolute Gasteiger partial charge is 0.293 e. The van der Waals surface area contributed by atoms with Gasteiger partial charge in [0, 0.05) is 6.54 Å². The van der Waals surface area contributed by atoms with Gasteiger partial charge in [-0.2, -0.15) is 0 Å². The summed E-state index contributed by atoms with van der Waals surface area (Å²) < 4.78 is 1.70. The summed E-state index contributed by atoms with van der Waals surface area (Å²) in [6.07, 6.45) is 3.87. The first-order chi connectivity index (χ1) is 10.3. The van der Waals surface area contributed by atoms with E-state index in [0.717, 1.165) is 11.1 Å². The summed E-state index contributed by atoms with van der Waals surface area (Å²) >= 11 is 0. The molecule has 0 atom stereocenters. The van der Waals surface area contributed by atoms with Gasteiger partial charge in [0.2, 0.25) is 0 Å². The molecular formula is C18H16N2O. The van der Waals surface area contributed by atoms with Crippen molar-refractivity contribution >= 4 is 23.1 Å². The lowest BCUT2D eigenvalue weighted by Gasteiger charge is -2.08. The molecule has 0 aliphatic heterocycles. The molecule has 3 aromatic rings. The van der Waals surface area contributed by atoms with Gasteiger partial charge in [0.1, 0.15) is 5.82 Å². The van der Waals surface area contributed by atoms with Crippen LogP contribution in [0.25, 0.3) is 23.1 Å².